The number of rotatable bonds is 8. The van der Waals surface area contributed by atoms with Gasteiger partial charge in [-0.3, -0.25) is 9.59 Å². The molecule has 0 radical (unpaired) electrons. The quantitative estimate of drug-likeness (QED) is 0.637. The molecule has 1 heterocycles. The van der Waals surface area contributed by atoms with Crippen LogP contribution in [-0.4, -0.2) is 29.3 Å². The molecule has 29 heavy (non-hydrogen) atoms. The lowest BCUT2D eigenvalue weighted by molar-refractivity contribution is -0.253. The molecule has 1 atom stereocenters. The van der Waals surface area contributed by atoms with Crippen LogP contribution in [0.25, 0.3) is 0 Å². The van der Waals surface area contributed by atoms with E-state index in [1.807, 2.05) is 0 Å². The van der Waals surface area contributed by atoms with Crippen LogP contribution in [0.5, 0.6) is 5.75 Å². The van der Waals surface area contributed by atoms with E-state index in [0.717, 1.165) is 12.1 Å². The Morgan fingerprint density at radius 1 is 1.17 bits per heavy atom. The molecule has 0 bridgehead atoms. The van der Waals surface area contributed by atoms with Crippen molar-refractivity contribution in [3.8, 4) is 5.75 Å². The molecule has 0 saturated heterocycles. The largest absolute Gasteiger partial charge is 0.461 e. The van der Waals surface area contributed by atoms with Crippen LogP contribution in [0, 0.1) is 0 Å². The van der Waals surface area contributed by atoms with Crippen LogP contribution in [0.4, 0.5) is 23.4 Å². The van der Waals surface area contributed by atoms with Gasteiger partial charge in [-0.1, -0.05) is 19.1 Å². The van der Waals surface area contributed by atoms with Crippen LogP contribution in [0.1, 0.15) is 42.2 Å². The molecule has 10 heteroatoms. The number of nitrogens with zero attached hydrogens (tertiary/aromatic N) is 1. The van der Waals surface area contributed by atoms with Crippen molar-refractivity contribution in [1.82, 2.24) is 10.3 Å². The maximum Gasteiger partial charge on any atom is 0.461 e. The van der Waals surface area contributed by atoms with Crippen LogP contribution in [0.3, 0.4) is 0 Å². The minimum atomic E-state index is -4.59. The van der Waals surface area contributed by atoms with Crippen molar-refractivity contribution in [3.63, 3.8) is 0 Å². The molecular formula is C19H19F4N3O3. The van der Waals surface area contributed by atoms with Gasteiger partial charge in [0.1, 0.15) is 11.6 Å². The number of anilines is 1. The molecule has 0 aliphatic heterocycles. The third-order valence-corrected chi connectivity index (χ3v) is 3.85. The van der Waals surface area contributed by atoms with Gasteiger partial charge in [-0.2, -0.15) is 17.6 Å². The number of alkyl halides is 4. The second kappa shape index (κ2) is 9.35. The summed E-state index contributed by atoms with van der Waals surface area (Å²) in [4.78, 5) is 27.8. The fourth-order valence-corrected chi connectivity index (χ4v) is 2.26. The summed E-state index contributed by atoms with van der Waals surface area (Å²) in [5, 5.41) is 5.25. The number of pyridine rings is 1. The number of nitrogens with one attached hydrogen (secondary N) is 2. The summed E-state index contributed by atoms with van der Waals surface area (Å²) in [6.07, 6.45) is -6.90. The zero-order valence-electron chi connectivity index (χ0n) is 15.6. The van der Waals surface area contributed by atoms with Crippen molar-refractivity contribution in [2.24, 2.45) is 0 Å². The smallest absolute Gasteiger partial charge is 0.428 e. The van der Waals surface area contributed by atoms with Gasteiger partial charge < -0.3 is 15.4 Å². The Labute approximate surface area is 164 Å². The minimum Gasteiger partial charge on any atom is -0.428 e. The third-order valence-electron chi connectivity index (χ3n) is 3.85. The van der Waals surface area contributed by atoms with E-state index in [-0.39, 0.29) is 23.7 Å². The Balaban J connectivity index is 2.02. The van der Waals surface area contributed by atoms with Crippen molar-refractivity contribution in [2.45, 2.75) is 38.8 Å². The average Bonchev–Trinajstić information content (AvgIpc) is 2.68. The first-order chi connectivity index (χ1) is 13.6. The van der Waals surface area contributed by atoms with Gasteiger partial charge in [0, 0.05) is 18.2 Å². The summed E-state index contributed by atoms with van der Waals surface area (Å²) >= 11 is 0. The van der Waals surface area contributed by atoms with Crippen LogP contribution in [-0.2, 0) is 4.79 Å². The van der Waals surface area contributed by atoms with E-state index in [4.69, 9.17) is 0 Å². The summed E-state index contributed by atoms with van der Waals surface area (Å²) < 4.78 is 54.2. The van der Waals surface area contributed by atoms with E-state index in [2.05, 4.69) is 20.4 Å². The van der Waals surface area contributed by atoms with Crippen molar-refractivity contribution in [3.05, 3.63) is 53.7 Å². The highest BCUT2D eigenvalue weighted by molar-refractivity contribution is 5.96. The van der Waals surface area contributed by atoms with Crippen molar-refractivity contribution < 1.29 is 31.9 Å². The number of ether oxygens (including phenoxy) is 1. The van der Waals surface area contributed by atoms with Gasteiger partial charge in [0.25, 0.3) is 5.91 Å². The van der Waals surface area contributed by atoms with Gasteiger partial charge in [0.2, 0.25) is 5.91 Å². The molecule has 0 spiro atoms. The van der Waals surface area contributed by atoms with Gasteiger partial charge in [-0.25, -0.2) is 4.98 Å². The number of hydrogen-bond acceptors (Lipinski definition) is 4. The Hall–Kier alpha value is -3.17. The molecule has 2 amide bonds. The molecule has 1 aromatic carbocycles. The van der Waals surface area contributed by atoms with E-state index < -0.39 is 30.2 Å². The number of halogens is 4. The van der Waals surface area contributed by atoms with Gasteiger partial charge in [-0.05, 0) is 36.8 Å². The van der Waals surface area contributed by atoms with Gasteiger partial charge >= 0.3 is 12.5 Å². The zero-order valence-corrected chi connectivity index (χ0v) is 15.6. The first-order valence-corrected chi connectivity index (χ1v) is 8.64. The second-order valence-corrected chi connectivity index (χ2v) is 6.06. The highest BCUT2D eigenvalue weighted by Crippen LogP contribution is 2.28. The van der Waals surface area contributed by atoms with Crippen molar-refractivity contribution >= 4 is 17.6 Å². The monoisotopic (exact) mass is 413 g/mol. The first kappa shape index (κ1) is 22.1. The first-order valence-electron chi connectivity index (χ1n) is 8.64. The number of amides is 2. The molecular weight excluding hydrogens is 394 g/mol. The van der Waals surface area contributed by atoms with Crippen molar-refractivity contribution in [1.29, 1.82) is 0 Å². The molecule has 6 nitrogen and oxygen atoms in total. The topological polar surface area (TPSA) is 80.3 Å². The number of carbonyl (C=O) groups excluding carboxylic acids is 2. The summed E-state index contributed by atoms with van der Waals surface area (Å²) in [6, 6.07) is 7.33. The molecule has 0 fully saturated rings. The minimum absolute atomic E-state index is 0.235. The Morgan fingerprint density at radius 3 is 2.41 bits per heavy atom. The van der Waals surface area contributed by atoms with Crippen LogP contribution in [0.2, 0.25) is 0 Å². The summed E-state index contributed by atoms with van der Waals surface area (Å²) in [6.45, 7) is 3.33. The van der Waals surface area contributed by atoms with Gasteiger partial charge in [0.15, 0.2) is 0 Å². The fraction of sp³-hybridized carbons (Fsp3) is 0.316. The molecule has 156 valence electrons. The lowest BCUT2D eigenvalue weighted by Crippen LogP contribution is -2.33. The Kier molecular flexibility index (Phi) is 7.13. The average molecular weight is 413 g/mol. The molecule has 2 N–H and O–H groups in total. The SMILES string of the molecule is CCC(=O)Nc1cc(C(=O)NC(C)c2ccc(OC(F)(F)C(F)F)cc2)ccn1. The molecule has 0 aliphatic rings. The van der Waals surface area contributed by atoms with Gasteiger partial charge in [0.05, 0.1) is 6.04 Å². The maximum atomic E-state index is 12.9. The predicted octanol–water partition coefficient (Wildman–Crippen LogP) is 4.16. The highest BCUT2D eigenvalue weighted by atomic mass is 19.3. The van der Waals surface area contributed by atoms with Gasteiger partial charge in [-0.15, -0.1) is 0 Å². The van der Waals surface area contributed by atoms with Crippen molar-refractivity contribution in [2.75, 3.05) is 5.32 Å². The molecule has 0 saturated carbocycles. The van der Waals surface area contributed by atoms with E-state index in [1.54, 1.807) is 13.8 Å². The lowest BCUT2D eigenvalue weighted by atomic mass is 10.1. The molecule has 2 rings (SSSR count). The van der Waals surface area contributed by atoms with E-state index >= 15 is 0 Å². The van der Waals surface area contributed by atoms with Crippen LogP contribution in [0.15, 0.2) is 42.6 Å². The zero-order chi connectivity index (χ0) is 21.6. The summed E-state index contributed by atoms with van der Waals surface area (Å²) in [5.74, 6) is -0.888. The standard InChI is InChI=1S/C19H19F4N3O3/c1-3-16(27)26-15-10-13(8-9-24-15)17(28)25-11(2)12-4-6-14(7-5-12)29-19(22,23)18(20)21/h4-11,18H,3H2,1-2H3,(H,25,28)(H,24,26,27). The molecule has 1 aromatic heterocycles. The third kappa shape index (κ3) is 6.16. The normalized spacial score (nSPS) is 12.4. The number of carbonyl (C=O) groups is 2. The number of hydrogen-bond donors (Lipinski definition) is 2. The Bertz CT molecular complexity index is 860. The number of benzene rings is 1. The predicted molar refractivity (Wildman–Crippen MR) is 97.1 cm³/mol. The van der Waals surface area contributed by atoms with Crippen LogP contribution >= 0.6 is 0 Å². The second-order valence-electron chi connectivity index (χ2n) is 6.06. The molecule has 1 unspecified atom stereocenters. The highest BCUT2D eigenvalue weighted by Gasteiger charge is 2.43. The fourth-order valence-electron chi connectivity index (χ4n) is 2.26. The summed E-state index contributed by atoms with van der Waals surface area (Å²) in [5.41, 5.74) is 0.800. The summed E-state index contributed by atoms with van der Waals surface area (Å²) in [7, 11) is 0. The van der Waals surface area contributed by atoms with Crippen LogP contribution < -0.4 is 15.4 Å². The van der Waals surface area contributed by atoms with E-state index in [1.165, 1.54) is 30.5 Å². The van der Waals surface area contributed by atoms with E-state index in [0.29, 0.717) is 5.56 Å². The molecule has 2 aromatic rings. The maximum absolute atomic E-state index is 12.9. The van der Waals surface area contributed by atoms with E-state index in [9.17, 15) is 27.2 Å². The molecule has 0 aliphatic carbocycles. The number of aromatic nitrogens is 1. The lowest BCUT2D eigenvalue weighted by Gasteiger charge is -2.18. The Morgan fingerprint density at radius 2 is 1.83 bits per heavy atom.